The van der Waals surface area contributed by atoms with Crippen molar-refractivity contribution in [1.29, 1.82) is 0 Å². The monoisotopic (exact) mass is 269 g/mol. The molecule has 0 saturated carbocycles. The predicted molar refractivity (Wildman–Crippen MR) is 65.1 cm³/mol. The van der Waals surface area contributed by atoms with Crippen molar-refractivity contribution in [3.05, 3.63) is 42.6 Å². The molecule has 0 aliphatic carbocycles. The van der Waals surface area contributed by atoms with E-state index in [4.69, 9.17) is 4.55 Å². The number of nitrogens with zero attached hydrogens (tertiary/aromatic N) is 1. The molecule has 0 aliphatic heterocycles. The number of benzene rings is 1. The van der Waals surface area contributed by atoms with Crippen molar-refractivity contribution in [1.82, 2.24) is 4.98 Å². The quantitative estimate of drug-likeness (QED) is 0.790. The third-order valence-corrected chi connectivity index (χ3v) is 2.18. The molecule has 2 rings (SSSR count). The van der Waals surface area contributed by atoms with Crippen molar-refractivity contribution in [2.75, 3.05) is 0 Å². The zero-order chi connectivity index (χ0) is 13.6. The van der Waals surface area contributed by atoms with Crippen LogP contribution < -0.4 is 0 Å². The van der Waals surface area contributed by atoms with Crippen LogP contribution in [0, 0.1) is 0 Å². The first-order chi connectivity index (χ1) is 8.38. The Morgan fingerprint density at radius 2 is 1.83 bits per heavy atom. The van der Waals surface area contributed by atoms with Gasteiger partial charge in [-0.25, -0.2) is 0 Å². The summed E-state index contributed by atoms with van der Waals surface area (Å²) in [6.07, 6.45) is 1.81. The fraction of sp³-hybridized carbons (Fsp3) is 0.0909. The molecule has 1 N–H and O–H groups in total. The van der Waals surface area contributed by atoms with E-state index in [2.05, 4.69) is 21.3 Å². The van der Waals surface area contributed by atoms with Crippen molar-refractivity contribution in [2.45, 2.75) is 6.92 Å². The maximum atomic E-state index is 9.70. The maximum Gasteiger partial charge on any atom is 0.448 e. The van der Waals surface area contributed by atoms with Gasteiger partial charge in [-0.2, -0.15) is 8.42 Å². The lowest BCUT2D eigenvalue weighted by molar-refractivity contribution is -0.131. The van der Waals surface area contributed by atoms with Crippen LogP contribution in [-0.2, 0) is 19.4 Å². The molecule has 0 spiro atoms. The number of hydrogen-bond donors (Lipinski definition) is 1. The molecule has 0 unspecified atom stereocenters. The summed E-state index contributed by atoms with van der Waals surface area (Å²) in [4.78, 5) is 13.9. The molecule has 96 valence electrons. The van der Waals surface area contributed by atoms with Crippen LogP contribution in [0.1, 0.15) is 6.92 Å². The highest BCUT2D eigenvalue weighted by Gasteiger charge is 2.06. The molecule has 18 heavy (non-hydrogen) atoms. The van der Waals surface area contributed by atoms with Crippen molar-refractivity contribution < 1.29 is 21.9 Å². The fourth-order valence-electron chi connectivity index (χ4n) is 1.16. The number of hydrogen-bond acceptors (Lipinski definition) is 5. The normalized spacial score (nSPS) is 10.3. The second-order valence-electron chi connectivity index (χ2n) is 3.20. The summed E-state index contributed by atoms with van der Waals surface area (Å²) in [5.74, 6) is -1.06. The number of carbonyl (C=O) groups is 1. The van der Waals surface area contributed by atoms with Crippen LogP contribution in [0.3, 0.4) is 0 Å². The highest BCUT2D eigenvalue weighted by molar-refractivity contribution is 7.81. The Labute approximate surface area is 104 Å². The minimum absolute atomic E-state index is 0.869. The van der Waals surface area contributed by atoms with E-state index in [1.165, 1.54) is 5.39 Å². The highest BCUT2D eigenvalue weighted by Crippen LogP contribution is 2.07. The molecular formula is C11H11NO5S. The van der Waals surface area contributed by atoms with Gasteiger partial charge in [0.25, 0.3) is 0 Å². The molecule has 0 saturated heterocycles. The molecule has 0 fully saturated rings. The van der Waals surface area contributed by atoms with Crippen LogP contribution in [0.25, 0.3) is 10.9 Å². The zero-order valence-corrected chi connectivity index (χ0v) is 10.3. The zero-order valence-electron chi connectivity index (χ0n) is 9.48. The van der Waals surface area contributed by atoms with Crippen LogP contribution in [0.5, 0.6) is 0 Å². The first-order valence-corrected chi connectivity index (χ1v) is 6.22. The van der Waals surface area contributed by atoms with Crippen molar-refractivity contribution in [2.24, 2.45) is 0 Å². The Morgan fingerprint density at radius 3 is 2.33 bits per heavy atom. The minimum Gasteiger partial charge on any atom is -0.325 e. The molecule has 1 aromatic carbocycles. The standard InChI is InChI=1S/C9H7N.C2H4O5S/c1-2-6-9-8(4-1)5-3-7-10-9;1-2(3)7-8(4,5)6/h1-7H;1H3,(H,4,5,6). The van der Waals surface area contributed by atoms with Crippen LogP contribution >= 0.6 is 0 Å². The van der Waals surface area contributed by atoms with E-state index in [1.54, 1.807) is 0 Å². The van der Waals surface area contributed by atoms with Gasteiger partial charge in [0.2, 0.25) is 0 Å². The van der Waals surface area contributed by atoms with E-state index in [0.717, 1.165) is 12.4 Å². The summed E-state index contributed by atoms with van der Waals surface area (Å²) in [6, 6.07) is 12.1. The smallest absolute Gasteiger partial charge is 0.325 e. The number of fused-ring (bicyclic) bond motifs is 1. The van der Waals surface area contributed by atoms with Crippen LogP contribution in [0.4, 0.5) is 0 Å². The molecule has 0 aliphatic rings. The molecule has 0 amide bonds. The molecule has 0 bridgehead atoms. The molecule has 0 radical (unpaired) electrons. The predicted octanol–water partition coefficient (Wildman–Crippen LogP) is 1.59. The van der Waals surface area contributed by atoms with Gasteiger partial charge in [0, 0.05) is 18.5 Å². The SMILES string of the molecule is CC(=O)OS(=O)(=O)O.c1ccc2ncccc2c1. The Morgan fingerprint density at radius 1 is 1.22 bits per heavy atom. The number of rotatable bonds is 1. The van der Waals surface area contributed by atoms with Gasteiger partial charge < -0.3 is 4.18 Å². The average molecular weight is 269 g/mol. The van der Waals surface area contributed by atoms with Crippen LogP contribution in [0.2, 0.25) is 0 Å². The lowest BCUT2D eigenvalue weighted by atomic mass is 10.2. The topological polar surface area (TPSA) is 93.6 Å². The fourth-order valence-corrected chi connectivity index (χ4v) is 1.46. The Balaban J connectivity index is 0.000000187. The van der Waals surface area contributed by atoms with E-state index in [-0.39, 0.29) is 0 Å². The van der Waals surface area contributed by atoms with Gasteiger partial charge in [0.15, 0.2) is 0 Å². The number of aromatic nitrogens is 1. The van der Waals surface area contributed by atoms with Crippen molar-refractivity contribution >= 4 is 27.3 Å². The van der Waals surface area contributed by atoms with E-state index in [0.29, 0.717) is 0 Å². The molecule has 0 atom stereocenters. The second-order valence-corrected chi connectivity index (χ2v) is 4.22. The summed E-state index contributed by atoms with van der Waals surface area (Å²) < 4.78 is 30.2. The molecule has 2 aromatic rings. The Hall–Kier alpha value is -1.99. The second kappa shape index (κ2) is 6.08. The van der Waals surface area contributed by atoms with Gasteiger partial charge in [0.1, 0.15) is 0 Å². The van der Waals surface area contributed by atoms with E-state index >= 15 is 0 Å². The van der Waals surface area contributed by atoms with Crippen molar-refractivity contribution in [3.8, 4) is 0 Å². The van der Waals surface area contributed by atoms with E-state index in [9.17, 15) is 13.2 Å². The minimum atomic E-state index is -4.57. The first-order valence-electron chi connectivity index (χ1n) is 4.86. The highest BCUT2D eigenvalue weighted by atomic mass is 32.3. The Bertz CT molecular complexity index is 573. The third-order valence-electron chi connectivity index (χ3n) is 1.73. The summed E-state index contributed by atoms with van der Waals surface area (Å²) in [5, 5.41) is 1.20. The summed E-state index contributed by atoms with van der Waals surface area (Å²) in [5.41, 5.74) is 1.06. The summed E-state index contributed by atoms with van der Waals surface area (Å²) in [6.45, 7) is 0.869. The average Bonchev–Trinajstić information content (AvgIpc) is 2.27. The van der Waals surface area contributed by atoms with Crippen molar-refractivity contribution in [3.63, 3.8) is 0 Å². The number of para-hydroxylation sites is 1. The molecular weight excluding hydrogens is 258 g/mol. The van der Waals surface area contributed by atoms with E-state index < -0.39 is 16.4 Å². The van der Waals surface area contributed by atoms with E-state index in [1.807, 2.05) is 30.5 Å². The summed E-state index contributed by atoms with van der Waals surface area (Å²) >= 11 is 0. The molecule has 1 aromatic heterocycles. The molecule has 1 heterocycles. The van der Waals surface area contributed by atoms with Crippen LogP contribution in [0.15, 0.2) is 42.6 Å². The van der Waals surface area contributed by atoms with Gasteiger partial charge in [-0.1, -0.05) is 24.3 Å². The Kier molecular flexibility index (Phi) is 4.75. The van der Waals surface area contributed by atoms with Gasteiger partial charge in [-0.15, -0.1) is 0 Å². The lowest BCUT2D eigenvalue weighted by Crippen LogP contribution is -2.07. The first kappa shape index (κ1) is 14.1. The molecule has 6 nitrogen and oxygen atoms in total. The largest absolute Gasteiger partial charge is 0.448 e. The van der Waals surface area contributed by atoms with Gasteiger partial charge in [-0.3, -0.25) is 14.3 Å². The third kappa shape index (κ3) is 5.37. The number of pyridine rings is 1. The van der Waals surface area contributed by atoms with Gasteiger partial charge in [0.05, 0.1) is 5.52 Å². The van der Waals surface area contributed by atoms with Gasteiger partial charge >= 0.3 is 16.4 Å². The number of carbonyl (C=O) groups excluding carboxylic acids is 1. The molecule has 7 heteroatoms. The van der Waals surface area contributed by atoms with Crippen LogP contribution in [-0.4, -0.2) is 23.9 Å². The lowest BCUT2D eigenvalue weighted by Gasteiger charge is -1.91. The maximum absolute atomic E-state index is 9.70. The summed E-state index contributed by atoms with van der Waals surface area (Å²) in [7, 11) is -4.57. The van der Waals surface area contributed by atoms with Gasteiger partial charge in [-0.05, 0) is 12.1 Å².